The Labute approximate surface area is 510 Å². The Hall–Kier alpha value is -7.56. The van der Waals surface area contributed by atoms with Crippen molar-refractivity contribution in [2.75, 3.05) is 14.7 Å². The van der Waals surface area contributed by atoms with Gasteiger partial charge >= 0.3 is 0 Å². The van der Waals surface area contributed by atoms with E-state index < -0.39 is 0 Å². The second-order valence-corrected chi connectivity index (χ2v) is 30.8. The van der Waals surface area contributed by atoms with Crippen LogP contribution in [-0.2, 0) is 32.5 Å². The SMILES string of the molecule is CC(C)(C)c1ccc(C23CCCCC2(C)N(c2cc4c5c(c2)N(c2ccc(C(C)(C)C)cc2-c2ccccc2)c2cc(C(C)(C)C)ccc2B5c2cc(C(C)(C)C)ccc2N4c2ccc(C(C)(C)C)cc2-c2ccccc2)c2ccccc23)cc1. The Morgan fingerprint density at radius 3 is 1.32 bits per heavy atom. The molecule has 85 heavy (non-hydrogen) atoms. The first-order chi connectivity index (χ1) is 40.2. The maximum atomic E-state index is 2.85. The van der Waals surface area contributed by atoms with Crippen LogP contribution in [0.5, 0.6) is 0 Å². The lowest BCUT2D eigenvalue weighted by molar-refractivity contribution is 0.215. The first-order valence-corrected chi connectivity index (χ1v) is 31.7. The van der Waals surface area contributed by atoms with E-state index in [2.05, 4.69) is 320 Å². The molecule has 0 bridgehead atoms. The van der Waals surface area contributed by atoms with Crippen LogP contribution in [0, 0.1) is 0 Å². The molecule has 2 atom stereocenters. The second-order valence-electron chi connectivity index (χ2n) is 30.8. The molecular weight excluding hydrogens is 1030 g/mol. The summed E-state index contributed by atoms with van der Waals surface area (Å²) in [5.41, 5.74) is 27.4. The standard InChI is InChI=1S/C81H88BN3/c1-75(2,3)55-33-35-56(36-34-55)81-46-26-25-45-80(81,16)85(69-32-24-23-31-64(69)81)61-51-72-74-73(52-61)84(68-43-39-58(77(7,8)9)48-63(68)54-29-21-18-22-30-54)71-50-60(79(13,14)15)37-41-65(71)82(74)66-49-59(78(10,11)12)40-44-70(66)83(72)67-42-38-57(76(4,5)6)47-62(67)53-27-19-17-20-28-53/h17-24,27-44,47-52H,25-26,45-46H2,1-16H3. The molecule has 3 heterocycles. The van der Waals surface area contributed by atoms with Gasteiger partial charge in [0.15, 0.2) is 0 Å². The summed E-state index contributed by atoms with van der Waals surface area (Å²) < 4.78 is 0. The normalized spacial score (nSPS) is 18.4. The fourth-order valence-electron chi connectivity index (χ4n) is 15.3. The summed E-state index contributed by atoms with van der Waals surface area (Å²) in [6.45, 7) is 37.9. The summed E-state index contributed by atoms with van der Waals surface area (Å²) >= 11 is 0. The van der Waals surface area contributed by atoms with Gasteiger partial charge in [-0.3, -0.25) is 0 Å². The van der Waals surface area contributed by atoms with Gasteiger partial charge in [-0.15, -0.1) is 0 Å². The average Bonchev–Trinajstić information content (AvgIpc) is 1.71. The molecule has 0 amide bonds. The third-order valence-electron chi connectivity index (χ3n) is 20.1. The van der Waals surface area contributed by atoms with Crippen LogP contribution in [0.2, 0.25) is 0 Å². The molecule has 1 fully saturated rings. The van der Waals surface area contributed by atoms with Crippen LogP contribution in [0.25, 0.3) is 22.3 Å². The Bertz CT molecular complexity index is 4060. The zero-order chi connectivity index (χ0) is 60.0. The molecule has 3 aliphatic heterocycles. The van der Waals surface area contributed by atoms with Crippen molar-refractivity contribution in [1.29, 1.82) is 0 Å². The Morgan fingerprint density at radius 1 is 0.353 bits per heavy atom. The van der Waals surface area contributed by atoms with Crippen LogP contribution in [0.1, 0.15) is 175 Å². The van der Waals surface area contributed by atoms with Crippen molar-refractivity contribution in [2.24, 2.45) is 0 Å². The van der Waals surface area contributed by atoms with Crippen molar-refractivity contribution < 1.29 is 0 Å². The Kier molecular flexibility index (Phi) is 13.1. The van der Waals surface area contributed by atoms with Gasteiger partial charge in [-0.25, -0.2) is 0 Å². The van der Waals surface area contributed by atoms with Crippen molar-refractivity contribution in [3.8, 4) is 22.3 Å². The van der Waals surface area contributed by atoms with Crippen LogP contribution in [-0.4, -0.2) is 12.3 Å². The number of hydrogen-bond acceptors (Lipinski definition) is 3. The van der Waals surface area contributed by atoms with Crippen molar-refractivity contribution in [3.63, 3.8) is 0 Å². The number of hydrogen-bond donors (Lipinski definition) is 0. The summed E-state index contributed by atoms with van der Waals surface area (Å²) in [6.07, 6.45) is 4.48. The molecule has 0 spiro atoms. The van der Waals surface area contributed by atoms with Gasteiger partial charge in [0, 0.05) is 50.7 Å². The van der Waals surface area contributed by atoms with E-state index in [-0.39, 0.29) is 44.7 Å². The lowest BCUT2D eigenvalue weighted by atomic mass is 9.33. The number of fused-ring (bicyclic) bond motifs is 7. The molecule has 9 aromatic carbocycles. The van der Waals surface area contributed by atoms with Gasteiger partial charge in [0.05, 0.1) is 16.9 Å². The molecule has 2 unspecified atom stereocenters. The molecule has 1 saturated carbocycles. The minimum Gasteiger partial charge on any atom is -0.334 e. The maximum absolute atomic E-state index is 2.85. The maximum Gasteiger partial charge on any atom is 0.252 e. The highest BCUT2D eigenvalue weighted by Crippen LogP contribution is 2.65. The molecule has 9 aromatic rings. The van der Waals surface area contributed by atoms with E-state index in [9.17, 15) is 0 Å². The summed E-state index contributed by atoms with van der Waals surface area (Å²) in [5, 5.41) is 0. The highest BCUT2D eigenvalue weighted by atomic mass is 15.3. The minimum absolute atomic E-state index is 0.0475. The average molecular weight is 1110 g/mol. The van der Waals surface area contributed by atoms with E-state index in [0.29, 0.717) is 0 Å². The van der Waals surface area contributed by atoms with Gasteiger partial charge in [0.25, 0.3) is 6.71 Å². The van der Waals surface area contributed by atoms with Crippen LogP contribution in [0.3, 0.4) is 0 Å². The molecule has 4 heteroatoms. The monoisotopic (exact) mass is 1110 g/mol. The molecule has 4 aliphatic rings. The molecule has 430 valence electrons. The fraction of sp³-hybridized carbons (Fsp3) is 0.333. The summed E-state index contributed by atoms with van der Waals surface area (Å²) in [4.78, 5) is 8.27. The smallest absolute Gasteiger partial charge is 0.252 e. The number of nitrogens with zero attached hydrogens (tertiary/aromatic N) is 3. The lowest BCUT2D eigenvalue weighted by Gasteiger charge is -2.53. The number of rotatable bonds is 6. The molecular formula is C81H88BN3. The third kappa shape index (κ3) is 9.13. The van der Waals surface area contributed by atoms with Gasteiger partial charge in [0.2, 0.25) is 0 Å². The predicted molar refractivity (Wildman–Crippen MR) is 368 cm³/mol. The molecule has 3 nitrogen and oxygen atoms in total. The third-order valence-corrected chi connectivity index (χ3v) is 20.1. The van der Waals surface area contributed by atoms with Crippen molar-refractivity contribution in [3.05, 3.63) is 233 Å². The van der Waals surface area contributed by atoms with Crippen LogP contribution in [0.15, 0.2) is 194 Å². The Morgan fingerprint density at radius 2 is 0.788 bits per heavy atom. The van der Waals surface area contributed by atoms with Crippen molar-refractivity contribution in [2.45, 2.75) is 174 Å². The van der Waals surface area contributed by atoms with E-state index in [1.807, 2.05) is 0 Å². The van der Waals surface area contributed by atoms with Gasteiger partial charge in [-0.2, -0.15) is 0 Å². The van der Waals surface area contributed by atoms with E-state index in [4.69, 9.17) is 0 Å². The number of benzene rings is 9. The van der Waals surface area contributed by atoms with Crippen molar-refractivity contribution in [1.82, 2.24) is 0 Å². The van der Waals surface area contributed by atoms with Gasteiger partial charge in [0.1, 0.15) is 0 Å². The molecule has 13 rings (SSSR count). The quantitative estimate of drug-likeness (QED) is 0.154. The Balaban J connectivity index is 1.20. The topological polar surface area (TPSA) is 9.72 Å². The summed E-state index contributed by atoms with van der Waals surface area (Å²) in [7, 11) is 0. The number of anilines is 8. The van der Waals surface area contributed by atoms with Gasteiger partial charge in [-0.1, -0.05) is 256 Å². The molecule has 0 radical (unpaired) electrons. The largest absolute Gasteiger partial charge is 0.334 e. The van der Waals surface area contributed by atoms with Crippen LogP contribution in [0.4, 0.5) is 45.5 Å². The molecule has 0 saturated heterocycles. The van der Waals surface area contributed by atoms with Gasteiger partial charge in [-0.05, 0) is 168 Å². The van der Waals surface area contributed by atoms with Crippen LogP contribution < -0.4 is 31.1 Å². The second kappa shape index (κ2) is 19.7. The zero-order valence-corrected chi connectivity index (χ0v) is 53.7. The zero-order valence-electron chi connectivity index (χ0n) is 53.7. The number of para-hydroxylation sites is 1. The van der Waals surface area contributed by atoms with E-state index in [0.717, 1.165) is 19.3 Å². The predicted octanol–water partition coefficient (Wildman–Crippen LogP) is 20.4. The van der Waals surface area contributed by atoms with E-state index in [1.54, 1.807) is 0 Å². The van der Waals surface area contributed by atoms with E-state index >= 15 is 0 Å². The van der Waals surface area contributed by atoms with E-state index in [1.165, 1.54) is 130 Å². The highest BCUT2D eigenvalue weighted by molar-refractivity contribution is 7.00. The van der Waals surface area contributed by atoms with Gasteiger partial charge < -0.3 is 14.7 Å². The summed E-state index contributed by atoms with van der Waals surface area (Å²) in [5.74, 6) is 0. The summed E-state index contributed by atoms with van der Waals surface area (Å²) in [6, 6.07) is 76.8. The lowest BCUT2D eigenvalue weighted by Crippen LogP contribution is -2.62. The molecule has 0 N–H and O–H groups in total. The molecule has 1 aliphatic carbocycles. The first kappa shape index (κ1) is 56.6. The van der Waals surface area contributed by atoms with Crippen LogP contribution >= 0.6 is 0 Å². The molecule has 0 aromatic heterocycles. The van der Waals surface area contributed by atoms with Crippen molar-refractivity contribution >= 4 is 68.6 Å². The highest BCUT2D eigenvalue weighted by Gasteiger charge is 2.61. The first-order valence-electron chi connectivity index (χ1n) is 31.7. The minimum atomic E-state index is -0.318. The fourth-order valence-corrected chi connectivity index (χ4v) is 15.3.